The van der Waals surface area contributed by atoms with E-state index in [0.29, 0.717) is 30.1 Å². The maximum atomic E-state index is 11.7. The average Bonchev–Trinajstić information content (AvgIpc) is 3.07. The van der Waals surface area contributed by atoms with Gasteiger partial charge in [-0.3, -0.25) is 0 Å². The highest BCUT2D eigenvalue weighted by Crippen LogP contribution is 2.70. The van der Waals surface area contributed by atoms with Crippen molar-refractivity contribution in [1.29, 1.82) is 0 Å². The van der Waals surface area contributed by atoms with Gasteiger partial charge in [-0.25, -0.2) is 0 Å². The third-order valence-corrected chi connectivity index (χ3v) is 9.33. The molecule has 1 aromatic carbocycles. The van der Waals surface area contributed by atoms with Gasteiger partial charge < -0.3 is 14.9 Å². The maximum absolute atomic E-state index is 11.7. The lowest BCUT2D eigenvalue weighted by molar-refractivity contribution is -0.122. The normalized spacial score (nSPS) is 47.7. The number of fused-ring (bicyclic) bond motifs is 7. The van der Waals surface area contributed by atoms with Crippen LogP contribution in [0.15, 0.2) is 18.2 Å². The molecule has 3 nitrogen and oxygen atoms in total. The summed E-state index contributed by atoms with van der Waals surface area (Å²) in [5, 5.41) is 21.9. The molecule has 8 atom stereocenters. The van der Waals surface area contributed by atoms with Crippen LogP contribution >= 0.6 is 0 Å². The summed E-state index contributed by atoms with van der Waals surface area (Å²) in [6.07, 6.45) is 6.78. The van der Waals surface area contributed by atoms with Gasteiger partial charge in [0, 0.05) is 6.42 Å². The fourth-order valence-electron chi connectivity index (χ4n) is 8.03. The summed E-state index contributed by atoms with van der Waals surface area (Å²) in [6, 6.07) is 6.70. The van der Waals surface area contributed by atoms with Gasteiger partial charge in [0.05, 0.1) is 18.8 Å². The molecule has 4 aliphatic carbocycles. The van der Waals surface area contributed by atoms with Gasteiger partial charge in [-0.15, -0.1) is 0 Å². The number of benzene rings is 1. The Morgan fingerprint density at radius 3 is 2.81 bits per heavy atom. The Hall–Kier alpha value is -1.06. The summed E-state index contributed by atoms with van der Waals surface area (Å²) < 4.78 is 5.49. The number of aliphatic hydroxyl groups excluding tert-OH is 1. The summed E-state index contributed by atoms with van der Waals surface area (Å²) >= 11 is 0. The molecule has 0 saturated heterocycles. The monoisotopic (exact) mass is 370 g/mol. The first kappa shape index (κ1) is 18.0. The minimum atomic E-state index is -0.652. The molecular formula is C24H34O3. The average molecular weight is 371 g/mol. The molecule has 0 spiro atoms. The molecule has 5 rings (SSSR count). The van der Waals surface area contributed by atoms with Crippen molar-refractivity contribution >= 4 is 0 Å². The number of ether oxygens (including phenoxy) is 1. The SMILES string of the molecule is CCC1Cc2cc(OC)ccc2C2CC[C@@]3(C)C(C[C@H]4C[C@H](O)C[C@]43O)C12. The van der Waals surface area contributed by atoms with E-state index in [9.17, 15) is 10.2 Å². The molecule has 1 aromatic rings. The molecule has 3 fully saturated rings. The Morgan fingerprint density at radius 1 is 1.26 bits per heavy atom. The van der Waals surface area contributed by atoms with Crippen molar-refractivity contribution in [2.45, 2.75) is 76.4 Å². The van der Waals surface area contributed by atoms with E-state index in [1.165, 1.54) is 24.0 Å². The minimum absolute atomic E-state index is 0.0340. The lowest BCUT2D eigenvalue weighted by Crippen LogP contribution is -2.53. The molecular weight excluding hydrogens is 336 g/mol. The van der Waals surface area contributed by atoms with Crippen LogP contribution in [0.4, 0.5) is 0 Å². The van der Waals surface area contributed by atoms with Crippen molar-refractivity contribution in [2.75, 3.05) is 7.11 Å². The molecule has 3 heteroatoms. The summed E-state index contributed by atoms with van der Waals surface area (Å²) in [5.41, 5.74) is 2.34. The number of hydrogen-bond donors (Lipinski definition) is 2. The second-order valence-electron chi connectivity index (χ2n) is 10.1. The number of hydrogen-bond acceptors (Lipinski definition) is 3. The van der Waals surface area contributed by atoms with Gasteiger partial charge in [-0.05, 0) is 90.4 Å². The van der Waals surface area contributed by atoms with Gasteiger partial charge in [0.1, 0.15) is 5.75 Å². The zero-order valence-electron chi connectivity index (χ0n) is 16.9. The van der Waals surface area contributed by atoms with E-state index in [0.717, 1.165) is 31.4 Å². The van der Waals surface area contributed by atoms with Gasteiger partial charge in [-0.1, -0.05) is 26.3 Å². The highest BCUT2D eigenvalue weighted by Gasteiger charge is 2.68. The Bertz CT molecular complexity index is 745. The lowest BCUT2D eigenvalue weighted by atomic mass is 9.50. The third kappa shape index (κ3) is 2.28. The van der Waals surface area contributed by atoms with Crippen LogP contribution in [0.2, 0.25) is 0 Å². The molecule has 148 valence electrons. The zero-order valence-corrected chi connectivity index (χ0v) is 16.9. The van der Waals surface area contributed by atoms with E-state index in [4.69, 9.17) is 4.74 Å². The molecule has 0 heterocycles. The van der Waals surface area contributed by atoms with E-state index in [-0.39, 0.29) is 17.4 Å². The first-order valence-corrected chi connectivity index (χ1v) is 11.0. The molecule has 0 aliphatic heterocycles. The zero-order chi connectivity index (χ0) is 19.0. The van der Waals surface area contributed by atoms with Crippen molar-refractivity contribution in [1.82, 2.24) is 0 Å². The topological polar surface area (TPSA) is 49.7 Å². The van der Waals surface area contributed by atoms with Crippen molar-refractivity contribution in [3.63, 3.8) is 0 Å². The molecule has 0 aromatic heterocycles. The van der Waals surface area contributed by atoms with Crippen molar-refractivity contribution in [3.05, 3.63) is 29.3 Å². The summed E-state index contributed by atoms with van der Waals surface area (Å²) in [7, 11) is 1.75. The Balaban J connectivity index is 1.55. The van der Waals surface area contributed by atoms with Crippen LogP contribution in [-0.2, 0) is 6.42 Å². The van der Waals surface area contributed by atoms with Crippen LogP contribution in [-0.4, -0.2) is 29.0 Å². The molecule has 3 saturated carbocycles. The first-order valence-electron chi connectivity index (χ1n) is 11.0. The van der Waals surface area contributed by atoms with Crippen LogP contribution in [0.5, 0.6) is 5.75 Å². The summed E-state index contributed by atoms with van der Waals surface area (Å²) in [6.45, 7) is 4.69. The van der Waals surface area contributed by atoms with Crippen molar-refractivity contribution in [2.24, 2.45) is 29.1 Å². The molecule has 2 N–H and O–H groups in total. The Morgan fingerprint density at radius 2 is 2.07 bits per heavy atom. The number of aliphatic hydroxyl groups is 2. The molecule has 27 heavy (non-hydrogen) atoms. The molecule has 0 amide bonds. The van der Waals surface area contributed by atoms with Gasteiger partial charge in [0.15, 0.2) is 0 Å². The Labute approximate surface area is 163 Å². The van der Waals surface area contributed by atoms with Gasteiger partial charge >= 0.3 is 0 Å². The molecule has 0 radical (unpaired) electrons. The second kappa shape index (κ2) is 5.97. The van der Waals surface area contributed by atoms with Gasteiger partial charge in [0.25, 0.3) is 0 Å². The largest absolute Gasteiger partial charge is 0.497 e. The molecule has 4 unspecified atom stereocenters. The molecule has 0 bridgehead atoms. The van der Waals surface area contributed by atoms with E-state index in [2.05, 4.69) is 32.0 Å². The van der Waals surface area contributed by atoms with Crippen molar-refractivity contribution < 1.29 is 14.9 Å². The van der Waals surface area contributed by atoms with E-state index < -0.39 is 5.60 Å². The quantitative estimate of drug-likeness (QED) is 0.816. The van der Waals surface area contributed by atoms with E-state index in [1.807, 2.05) is 0 Å². The van der Waals surface area contributed by atoms with Gasteiger partial charge in [-0.2, -0.15) is 0 Å². The Kier molecular flexibility index (Phi) is 3.98. The summed E-state index contributed by atoms with van der Waals surface area (Å²) in [4.78, 5) is 0. The van der Waals surface area contributed by atoms with Gasteiger partial charge in [0.2, 0.25) is 0 Å². The lowest BCUT2D eigenvalue weighted by Gasteiger charge is -2.55. The minimum Gasteiger partial charge on any atom is -0.497 e. The standard InChI is InChI=1S/C24H34O3/c1-4-14-9-15-10-18(27-3)5-6-19(15)20-7-8-23(2)21(22(14)20)12-16-11-17(25)13-24(16,23)26/h5-6,10,14,16-17,20-22,25-26H,4,7-9,11-13H2,1-3H3/t14?,16-,17+,20?,21?,22?,23+,24+/m1/s1. The van der Waals surface area contributed by atoms with E-state index in [1.54, 1.807) is 7.11 Å². The van der Waals surface area contributed by atoms with Crippen LogP contribution in [0.1, 0.15) is 69.4 Å². The molecule has 4 aliphatic rings. The fraction of sp³-hybridized carbons (Fsp3) is 0.750. The first-order chi connectivity index (χ1) is 12.9. The highest BCUT2D eigenvalue weighted by molar-refractivity contribution is 5.41. The highest BCUT2D eigenvalue weighted by atomic mass is 16.5. The predicted octanol–water partition coefficient (Wildman–Crippen LogP) is 4.30. The maximum Gasteiger partial charge on any atom is 0.119 e. The fourth-order valence-corrected chi connectivity index (χ4v) is 8.03. The third-order valence-electron chi connectivity index (χ3n) is 9.33. The van der Waals surface area contributed by atoms with E-state index >= 15 is 0 Å². The van der Waals surface area contributed by atoms with Crippen LogP contribution < -0.4 is 4.74 Å². The van der Waals surface area contributed by atoms with Crippen LogP contribution in [0, 0.1) is 29.1 Å². The smallest absolute Gasteiger partial charge is 0.119 e. The second-order valence-corrected chi connectivity index (χ2v) is 10.1. The van der Waals surface area contributed by atoms with Crippen LogP contribution in [0.25, 0.3) is 0 Å². The number of methoxy groups -OCH3 is 1. The van der Waals surface area contributed by atoms with Crippen molar-refractivity contribution in [3.8, 4) is 5.75 Å². The predicted molar refractivity (Wildman–Crippen MR) is 106 cm³/mol. The summed E-state index contributed by atoms with van der Waals surface area (Å²) in [5.74, 6) is 3.82. The number of rotatable bonds is 2. The van der Waals surface area contributed by atoms with Crippen LogP contribution in [0.3, 0.4) is 0 Å².